The Morgan fingerprint density at radius 1 is 1.41 bits per heavy atom. The fourth-order valence-corrected chi connectivity index (χ4v) is 1.39. The lowest BCUT2D eigenvalue weighted by Gasteiger charge is -2.11. The van der Waals surface area contributed by atoms with E-state index in [9.17, 15) is 22.4 Å². The van der Waals surface area contributed by atoms with Crippen LogP contribution in [-0.4, -0.2) is 11.2 Å². The van der Waals surface area contributed by atoms with Crippen molar-refractivity contribution in [2.45, 2.75) is 24.9 Å². The molecule has 1 unspecified atom stereocenters. The van der Waals surface area contributed by atoms with Crippen molar-refractivity contribution in [2.24, 2.45) is 0 Å². The first kappa shape index (κ1) is 14.0. The molecule has 0 aliphatic carbocycles. The SMILES string of the molecule is CCC(Cl)C(=O)c1ccc(F)c(C(F)(F)F)c1. The molecule has 1 rings (SSSR count). The summed E-state index contributed by atoms with van der Waals surface area (Å²) in [6.45, 7) is 1.63. The molecule has 1 aromatic rings. The summed E-state index contributed by atoms with van der Waals surface area (Å²) in [7, 11) is 0. The van der Waals surface area contributed by atoms with Crippen molar-refractivity contribution in [3.05, 3.63) is 35.1 Å². The molecular weight excluding hydrogens is 260 g/mol. The summed E-state index contributed by atoms with van der Waals surface area (Å²) in [5, 5.41) is -0.901. The van der Waals surface area contributed by atoms with E-state index in [1.165, 1.54) is 0 Å². The lowest BCUT2D eigenvalue weighted by Crippen LogP contribution is -2.16. The summed E-state index contributed by atoms with van der Waals surface area (Å²) in [4.78, 5) is 11.5. The Kier molecular flexibility index (Phi) is 4.14. The molecule has 0 aromatic heterocycles. The third kappa shape index (κ3) is 3.19. The van der Waals surface area contributed by atoms with Crippen LogP contribution in [0.2, 0.25) is 0 Å². The zero-order chi connectivity index (χ0) is 13.2. The summed E-state index contributed by atoms with van der Waals surface area (Å²) >= 11 is 5.63. The van der Waals surface area contributed by atoms with Gasteiger partial charge in [-0.15, -0.1) is 11.6 Å². The van der Waals surface area contributed by atoms with E-state index in [0.717, 1.165) is 6.07 Å². The lowest BCUT2D eigenvalue weighted by molar-refractivity contribution is -0.140. The van der Waals surface area contributed by atoms with Crippen molar-refractivity contribution < 1.29 is 22.4 Å². The Morgan fingerprint density at radius 3 is 2.47 bits per heavy atom. The van der Waals surface area contributed by atoms with Gasteiger partial charge in [0, 0.05) is 5.56 Å². The maximum absolute atomic E-state index is 12.9. The van der Waals surface area contributed by atoms with Gasteiger partial charge in [-0.05, 0) is 24.6 Å². The van der Waals surface area contributed by atoms with Gasteiger partial charge in [0.05, 0.1) is 10.9 Å². The van der Waals surface area contributed by atoms with Crippen molar-refractivity contribution in [3.63, 3.8) is 0 Å². The number of ketones is 1. The van der Waals surface area contributed by atoms with E-state index in [0.29, 0.717) is 18.6 Å². The minimum atomic E-state index is -4.83. The average molecular weight is 269 g/mol. The Morgan fingerprint density at radius 2 is 2.00 bits per heavy atom. The van der Waals surface area contributed by atoms with Gasteiger partial charge >= 0.3 is 6.18 Å². The molecule has 0 spiro atoms. The van der Waals surface area contributed by atoms with Crippen LogP contribution in [0.3, 0.4) is 0 Å². The average Bonchev–Trinajstić information content (AvgIpc) is 2.26. The van der Waals surface area contributed by atoms with E-state index >= 15 is 0 Å². The van der Waals surface area contributed by atoms with Crippen molar-refractivity contribution in [1.82, 2.24) is 0 Å². The summed E-state index contributed by atoms with van der Waals surface area (Å²) in [5.41, 5.74) is -1.69. The Labute approximate surface area is 100 Å². The molecule has 0 saturated carbocycles. The first-order valence-corrected chi connectivity index (χ1v) is 5.26. The Bertz CT molecular complexity index is 428. The van der Waals surface area contributed by atoms with Crippen LogP contribution < -0.4 is 0 Å². The fourth-order valence-electron chi connectivity index (χ4n) is 1.26. The first-order valence-electron chi connectivity index (χ1n) is 4.82. The third-order valence-electron chi connectivity index (χ3n) is 2.20. The smallest absolute Gasteiger partial charge is 0.293 e. The molecule has 0 N–H and O–H groups in total. The predicted octanol–water partition coefficient (Wildman–Crippen LogP) is 4.04. The molecule has 0 radical (unpaired) electrons. The number of hydrogen-bond acceptors (Lipinski definition) is 1. The molecule has 17 heavy (non-hydrogen) atoms. The van der Waals surface area contributed by atoms with Crippen molar-refractivity contribution in [3.8, 4) is 0 Å². The molecular formula is C11H9ClF4O. The first-order chi connectivity index (χ1) is 7.77. The minimum absolute atomic E-state index is 0.236. The Balaban J connectivity index is 3.18. The number of carbonyl (C=O) groups is 1. The number of hydrogen-bond donors (Lipinski definition) is 0. The van der Waals surface area contributed by atoms with Gasteiger partial charge in [-0.1, -0.05) is 6.92 Å². The number of rotatable bonds is 3. The standard InChI is InChI=1S/C11H9ClF4O/c1-2-8(12)10(17)6-3-4-9(13)7(5-6)11(14,15)16/h3-5,8H,2H2,1H3. The van der Waals surface area contributed by atoms with Crippen LogP contribution in [0.15, 0.2) is 18.2 Å². The highest BCUT2D eigenvalue weighted by molar-refractivity contribution is 6.33. The topological polar surface area (TPSA) is 17.1 Å². The van der Waals surface area contributed by atoms with Crippen LogP contribution in [0.5, 0.6) is 0 Å². The van der Waals surface area contributed by atoms with Crippen molar-refractivity contribution in [1.29, 1.82) is 0 Å². The molecule has 0 aliphatic rings. The number of benzene rings is 1. The maximum atomic E-state index is 12.9. The van der Waals surface area contributed by atoms with E-state index in [1.807, 2.05) is 0 Å². The molecule has 6 heteroatoms. The van der Waals surface area contributed by atoms with Crippen LogP contribution in [0.1, 0.15) is 29.3 Å². The van der Waals surface area contributed by atoms with E-state index in [4.69, 9.17) is 11.6 Å². The molecule has 0 heterocycles. The second-order valence-corrected chi connectivity index (χ2v) is 3.96. The highest BCUT2D eigenvalue weighted by Crippen LogP contribution is 2.32. The van der Waals surface area contributed by atoms with Crippen LogP contribution in [-0.2, 0) is 6.18 Å². The van der Waals surface area contributed by atoms with Gasteiger partial charge in [0.15, 0.2) is 5.78 Å². The van der Waals surface area contributed by atoms with Crippen molar-refractivity contribution in [2.75, 3.05) is 0 Å². The summed E-state index contributed by atoms with van der Waals surface area (Å²) in [6.07, 6.45) is -4.53. The zero-order valence-corrected chi connectivity index (χ0v) is 9.57. The second kappa shape index (κ2) is 5.04. The van der Waals surface area contributed by atoms with E-state index < -0.39 is 28.7 Å². The van der Waals surface area contributed by atoms with Gasteiger partial charge in [-0.2, -0.15) is 13.2 Å². The number of alkyl halides is 4. The fraction of sp³-hybridized carbons (Fsp3) is 0.364. The molecule has 1 atom stereocenters. The quantitative estimate of drug-likeness (QED) is 0.459. The molecule has 0 aliphatic heterocycles. The third-order valence-corrected chi connectivity index (χ3v) is 2.71. The highest BCUT2D eigenvalue weighted by atomic mass is 35.5. The normalized spacial score (nSPS) is 13.5. The molecule has 94 valence electrons. The van der Waals surface area contributed by atoms with Crippen LogP contribution in [0.25, 0.3) is 0 Å². The molecule has 0 fully saturated rings. The molecule has 0 bridgehead atoms. The van der Waals surface area contributed by atoms with Crippen LogP contribution in [0.4, 0.5) is 17.6 Å². The summed E-state index contributed by atoms with van der Waals surface area (Å²) in [6, 6.07) is 2.11. The van der Waals surface area contributed by atoms with Crippen LogP contribution >= 0.6 is 11.6 Å². The highest BCUT2D eigenvalue weighted by Gasteiger charge is 2.35. The molecule has 1 aromatic carbocycles. The van der Waals surface area contributed by atoms with Crippen LogP contribution in [0, 0.1) is 5.82 Å². The van der Waals surface area contributed by atoms with Gasteiger partial charge in [-0.25, -0.2) is 4.39 Å². The molecule has 0 amide bonds. The Hall–Kier alpha value is -1.10. The van der Waals surface area contributed by atoms with E-state index in [2.05, 4.69) is 0 Å². The number of carbonyl (C=O) groups excluding carboxylic acids is 1. The largest absolute Gasteiger partial charge is 0.419 e. The van der Waals surface area contributed by atoms with Crippen molar-refractivity contribution >= 4 is 17.4 Å². The molecule has 1 nitrogen and oxygen atoms in total. The molecule has 0 saturated heterocycles. The maximum Gasteiger partial charge on any atom is 0.419 e. The monoisotopic (exact) mass is 268 g/mol. The van der Waals surface area contributed by atoms with E-state index in [1.54, 1.807) is 6.92 Å². The number of Topliss-reactive ketones (excluding diaryl/α,β-unsaturated/α-hetero) is 1. The second-order valence-electron chi connectivity index (χ2n) is 3.43. The lowest BCUT2D eigenvalue weighted by atomic mass is 10.0. The summed E-state index contributed by atoms with van der Waals surface area (Å²) < 4.78 is 50.1. The van der Waals surface area contributed by atoms with Gasteiger partial charge in [-0.3, -0.25) is 4.79 Å². The minimum Gasteiger partial charge on any atom is -0.293 e. The predicted molar refractivity (Wildman–Crippen MR) is 55.7 cm³/mol. The number of halogens is 5. The summed E-state index contributed by atoms with van der Waals surface area (Å²) in [5.74, 6) is -2.05. The van der Waals surface area contributed by atoms with Gasteiger partial charge in [0.2, 0.25) is 0 Å². The van der Waals surface area contributed by atoms with Gasteiger partial charge in [0.1, 0.15) is 5.82 Å². The van der Waals surface area contributed by atoms with Gasteiger partial charge in [0.25, 0.3) is 0 Å². The van der Waals surface area contributed by atoms with E-state index in [-0.39, 0.29) is 5.56 Å². The van der Waals surface area contributed by atoms with Gasteiger partial charge < -0.3 is 0 Å². The zero-order valence-electron chi connectivity index (χ0n) is 8.81.